The molecule has 0 saturated heterocycles. The summed E-state index contributed by atoms with van der Waals surface area (Å²) in [6.45, 7) is 1.36. The zero-order valence-corrected chi connectivity index (χ0v) is 7.73. The fourth-order valence-corrected chi connectivity index (χ4v) is 1.25. The van der Waals surface area contributed by atoms with Crippen molar-refractivity contribution < 1.29 is 9.53 Å². The van der Waals surface area contributed by atoms with Crippen LogP contribution < -0.4 is 4.74 Å². The van der Waals surface area contributed by atoms with E-state index in [9.17, 15) is 4.79 Å². The average Bonchev–Trinajstić information content (AvgIpc) is 2.17. The molecule has 0 radical (unpaired) electrons. The number of benzene rings is 1. The van der Waals surface area contributed by atoms with Crippen LogP contribution in [0, 0.1) is 0 Å². The Hall–Kier alpha value is -1.90. The predicted molar refractivity (Wildman–Crippen MR) is 53.1 cm³/mol. The van der Waals surface area contributed by atoms with Crippen LogP contribution in [0.5, 0.6) is 5.88 Å². The van der Waals surface area contributed by atoms with E-state index < -0.39 is 0 Å². The number of para-hydroxylation sites is 1. The molecule has 0 unspecified atom stereocenters. The number of hydrogen-bond acceptors (Lipinski definition) is 3. The topological polar surface area (TPSA) is 39.2 Å². The fourth-order valence-electron chi connectivity index (χ4n) is 1.25. The molecule has 0 saturated carbocycles. The van der Waals surface area contributed by atoms with E-state index in [0.717, 1.165) is 10.9 Å². The van der Waals surface area contributed by atoms with Crippen LogP contribution >= 0.6 is 0 Å². The predicted octanol–water partition coefficient (Wildman–Crippen LogP) is 2.16. The molecule has 0 atom stereocenters. The molecule has 0 aliphatic heterocycles. The molecule has 70 valence electrons. The van der Waals surface area contributed by atoms with Crippen LogP contribution in [-0.2, 0) is 4.79 Å². The number of carbonyl (C=O) groups excluding carboxylic acids is 1. The summed E-state index contributed by atoms with van der Waals surface area (Å²) in [5.41, 5.74) is 0.825. The van der Waals surface area contributed by atoms with Crippen molar-refractivity contribution >= 4 is 16.9 Å². The number of hydrogen-bond donors (Lipinski definition) is 0. The number of esters is 1. The molecule has 0 fully saturated rings. The van der Waals surface area contributed by atoms with Gasteiger partial charge in [0.1, 0.15) is 0 Å². The van der Waals surface area contributed by atoms with Crippen molar-refractivity contribution in [3.05, 3.63) is 36.4 Å². The lowest BCUT2D eigenvalue weighted by atomic mass is 10.2. The van der Waals surface area contributed by atoms with Crippen LogP contribution in [0.3, 0.4) is 0 Å². The summed E-state index contributed by atoms with van der Waals surface area (Å²) in [4.78, 5) is 14.9. The van der Waals surface area contributed by atoms with Gasteiger partial charge in [0.2, 0.25) is 5.88 Å². The van der Waals surface area contributed by atoms with E-state index in [4.69, 9.17) is 4.74 Å². The summed E-state index contributed by atoms with van der Waals surface area (Å²) in [5.74, 6) is -0.0102. The highest BCUT2D eigenvalue weighted by atomic mass is 16.5. The Labute approximate surface area is 81.3 Å². The summed E-state index contributed by atoms with van der Waals surface area (Å²) in [6, 6.07) is 11.2. The molecule has 14 heavy (non-hydrogen) atoms. The molecule has 3 heteroatoms. The Balaban J connectivity index is 2.46. The van der Waals surface area contributed by atoms with E-state index >= 15 is 0 Å². The minimum atomic E-state index is -0.354. The molecule has 0 amide bonds. The van der Waals surface area contributed by atoms with Crippen molar-refractivity contribution in [1.82, 2.24) is 4.98 Å². The van der Waals surface area contributed by atoms with E-state index in [-0.39, 0.29) is 5.97 Å². The largest absolute Gasteiger partial charge is 0.408 e. The third-order valence-corrected chi connectivity index (χ3v) is 1.82. The number of aromatic nitrogens is 1. The van der Waals surface area contributed by atoms with Gasteiger partial charge in [0.05, 0.1) is 5.52 Å². The van der Waals surface area contributed by atoms with E-state index in [2.05, 4.69) is 4.98 Å². The molecular weight excluding hydrogens is 178 g/mol. The highest BCUT2D eigenvalue weighted by Gasteiger charge is 2.00. The highest BCUT2D eigenvalue weighted by Crippen LogP contribution is 2.15. The molecule has 0 aliphatic carbocycles. The van der Waals surface area contributed by atoms with Gasteiger partial charge in [-0.25, -0.2) is 4.98 Å². The first-order valence-electron chi connectivity index (χ1n) is 4.30. The lowest BCUT2D eigenvalue weighted by Crippen LogP contribution is -2.02. The third kappa shape index (κ3) is 1.71. The molecule has 2 aromatic rings. The molecule has 1 heterocycles. The lowest BCUT2D eigenvalue weighted by Gasteiger charge is -2.01. The van der Waals surface area contributed by atoms with E-state index in [0.29, 0.717) is 5.88 Å². The Morgan fingerprint density at radius 2 is 2.00 bits per heavy atom. The first-order chi connectivity index (χ1) is 6.75. The van der Waals surface area contributed by atoms with Gasteiger partial charge in [0.15, 0.2) is 0 Å². The van der Waals surface area contributed by atoms with Gasteiger partial charge in [0, 0.05) is 18.4 Å². The molecular formula is C11H9NO2. The summed E-state index contributed by atoms with van der Waals surface area (Å²) in [5, 5.41) is 1.03. The van der Waals surface area contributed by atoms with Gasteiger partial charge in [-0.1, -0.05) is 18.2 Å². The summed E-state index contributed by atoms with van der Waals surface area (Å²) in [6.07, 6.45) is 0. The van der Waals surface area contributed by atoms with Crippen molar-refractivity contribution in [2.24, 2.45) is 0 Å². The zero-order chi connectivity index (χ0) is 9.97. The Bertz CT molecular complexity index is 479. The van der Waals surface area contributed by atoms with Crippen molar-refractivity contribution in [2.45, 2.75) is 6.92 Å². The van der Waals surface area contributed by atoms with Gasteiger partial charge in [-0.05, 0) is 12.1 Å². The van der Waals surface area contributed by atoms with Crippen molar-refractivity contribution in [2.75, 3.05) is 0 Å². The maximum Gasteiger partial charge on any atom is 0.309 e. The van der Waals surface area contributed by atoms with Gasteiger partial charge in [-0.3, -0.25) is 4.79 Å². The van der Waals surface area contributed by atoms with Gasteiger partial charge >= 0.3 is 5.97 Å². The van der Waals surface area contributed by atoms with E-state index in [1.54, 1.807) is 6.07 Å². The summed E-state index contributed by atoms with van der Waals surface area (Å²) >= 11 is 0. The Kier molecular flexibility index (Phi) is 2.14. The van der Waals surface area contributed by atoms with Crippen LogP contribution in [0.25, 0.3) is 10.9 Å². The Morgan fingerprint density at radius 1 is 1.21 bits per heavy atom. The number of carbonyl (C=O) groups is 1. The first-order valence-corrected chi connectivity index (χ1v) is 4.30. The molecule has 2 rings (SSSR count). The molecule has 3 nitrogen and oxygen atoms in total. The van der Waals surface area contributed by atoms with Crippen LogP contribution in [-0.4, -0.2) is 11.0 Å². The van der Waals surface area contributed by atoms with Gasteiger partial charge in [-0.2, -0.15) is 0 Å². The number of nitrogens with zero attached hydrogens (tertiary/aromatic N) is 1. The van der Waals surface area contributed by atoms with Crippen LogP contribution in [0.2, 0.25) is 0 Å². The maximum atomic E-state index is 10.7. The molecule has 1 aromatic carbocycles. The van der Waals surface area contributed by atoms with Gasteiger partial charge < -0.3 is 4.74 Å². The SMILES string of the molecule is CC(=O)Oc1ccc2ccccc2n1. The molecule has 0 spiro atoms. The minimum Gasteiger partial charge on any atom is -0.408 e. The first kappa shape index (κ1) is 8.69. The monoisotopic (exact) mass is 187 g/mol. The smallest absolute Gasteiger partial charge is 0.309 e. The fraction of sp³-hybridized carbons (Fsp3) is 0.0909. The van der Waals surface area contributed by atoms with Crippen molar-refractivity contribution in [3.8, 4) is 5.88 Å². The van der Waals surface area contributed by atoms with E-state index in [1.807, 2.05) is 30.3 Å². The average molecular weight is 187 g/mol. The van der Waals surface area contributed by atoms with Crippen LogP contribution in [0.4, 0.5) is 0 Å². The van der Waals surface area contributed by atoms with Crippen LogP contribution in [0.15, 0.2) is 36.4 Å². The molecule has 0 N–H and O–H groups in total. The van der Waals surface area contributed by atoms with Crippen molar-refractivity contribution in [1.29, 1.82) is 0 Å². The zero-order valence-electron chi connectivity index (χ0n) is 7.73. The van der Waals surface area contributed by atoms with Crippen LogP contribution in [0.1, 0.15) is 6.92 Å². The van der Waals surface area contributed by atoms with Gasteiger partial charge in [0.25, 0.3) is 0 Å². The van der Waals surface area contributed by atoms with Crippen molar-refractivity contribution in [3.63, 3.8) is 0 Å². The second kappa shape index (κ2) is 3.46. The number of fused-ring (bicyclic) bond motifs is 1. The number of pyridine rings is 1. The molecule has 0 bridgehead atoms. The second-order valence-electron chi connectivity index (χ2n) is 2.94. The normalized spacial score (nSPS) is 10.1. The number of ether oxygens (including phenoxy) is 1. The quantitative estimate of drug-likeness (QED) is 0.642. The second-order valence-corrected chi connectivity index (χ2v) is 2.94. The summed E-state index contributed by atoms with van der Waals surface area (Å²) < 4.78 is 4.87. The minimum absolute atomic E-state index is 0.344. The maximum absolute atomic E-state index is 10.7. The molecule has 0 aliphatic rings. The Morgan fingerprint density at radius 3 is 2.79 bits per heavy atom. The summed E-state index contributed by atoms with van der Waals surface area (Å²) in [7, 11) is 0. The highest BCUT2D eigenvalue weighted by molar-refractivity contribution is 5.79. The third-order valence-electron chi connectivity index (χ3n) is 1.82. The number of rotatable bonds is 1. The standard InChI is InChI=1S/C11H9NO2/c1-8(13)14-11-7-6-9-4-2-3-5-10(9)12-11/h2-7H,1H3. The molecule has 1 aromatic heterocycles. The lowest BCUT2D eigenvalue weighted by molar-refractivity contribution is -0.132. The van der Waals surface area contributed by atoms with Gasteiger partial charge in [-0.15, -0.1) is 0 Å². The van der Waals surface area contributed by atoms with E-state index in [1.165, 1.54) is 6.92 Å².